The van der Waals surface area contributed by atoms with Crippen LogP contribution in [-0.4, -0.2) is 23.9 Å². The summed E-state index contributed by atoms with van der Waals surface area (Å²) in [5, 5.41) is 0. The predicted octanol–water partition coefficient (Wildman–Crippen LogP) is 2.09. The monoisotopic (exact) mass is 155 g/mol. The molecule has 0 aromatic heterocycles. The smallest absolute Gasteiger partial charge is 0.0223 e. The average molecular weight is 156 g/mol. The third kappa shape index (κ3) is 6.54. The fourth-order valence-corrected chi connectivity index (χ4v) is 0.733. The van der Waals surface area contributed by atoms with Crippen molar-refractivity contribution in [1.82, 2.24) is 4.42 Å². The van der Waals surface area contributed by atoms with E-state index in [2.05, 4.69) is 0 Å². The number of hydrogen-bond acceptors (Lipinski definition) is 1. The van der Waals surface area contributed by atoms with Crippen LogP contribution in [0.5, 0.6) is 0 Å². The Morgan fingerprint density at radius 1 is 1.38 bits per heavy atom. The lowest BCUT2D eigenvalue weighted by molar-refractivity contribution is 0.523. The Morgan fingerprint density at radius 3 is 2.38 bits per heavy atom. The van der Waals surface area contributed by atoms with Crippen molar-refractivity contribution in [3.05, 3.63) is 0 Å². The molecule has 0 amide bonds. The minimum absolute atomic E-state index is 0.741. The van der Waals surface area contributed by atoms with Gasteiger partial charge < -0.3 is 0 Å². The first-order valence-corrected chi connectivity index (χ1v) is 3.57. The molecular formula is C5H11Cl2N. The Labute approximate surface area is 60.7 Å². The van der Waals surface area contributed by atoms with Crippen molar-refractivity contribution in [2.45, 2.75) is 12.8 Å². The van der Waals surface area contributed by atoms with Gasteiger partial charge in [0.2, 0.25) is 0 Å². The molecule has 0 saturated heterocycles. The van der Waals surface area contributed by atoms with E-state index in [0.29, 0.717) is 0 Å². The molecule has 0 N–H and O–H groups in total. The van der Waals surface area contributed by atoms with Gasteiger partial charge >= 0.3 is 0 Å². The van der Waals surface area contributed by atoms with E-state index >= 15 is 0 Å². The molecule has 0 unspecified atom stereocenters. The van der Waals surface area contributed by atoms with Crippen molar-refractivity contribution < 1.29 is 0 Å². The Bertz CT molecular complexity index is 47.7. The molecule has 0 aromatic rings. The second kappa shape index (κ2) is 5.67. The number of alkyl halides is 1. The van der Waals surface area contributed by atoms with E-state index in [-0.39, 0.29) is 0 Å². The van der Waals surface area contributed by atoms with Crippen molar-refractivity contribution in [3.8, 4) is 0 Å². The minimum atomic E-state index is 0.741. The lowest BCUT2D eigenvalue weighted by Gasteiger charge is -2.03. The summed E-state index contributed by atoms with van der Waals surface area (Å²) in [4.78, 5) is 0. The molecule has 0 radical (unpaired) electrons. The summed E-state index contributed by atoms with van der Waals surface area (Å²) in [6.07, 6.45) is 2.14. The summed E-state index contributed by atoms with van der Waals surface area (Å²) >= 11 is 10.9. The summed E-state index contributed by atoms with van der Waals surface area (Å²) in [6, 6.07) is 0. The topological polar surface area (TPSA) is 3.24 Å². The summed E-state index contributed by atoms with van der Waals surface area (Å²) in [7, 11) is 1.84. The number of rotatable bonds is 4. The van der Waals surface area contributed by atoms with E-state index in [1.54, 1.807) is 4.42 Å². The second-order valence-electron chi connectivity index (χ2n) is 1.72. The molecule has 0 aliphatic rings. The van der Waals surface area contributed by atoms with Crippen LogP contribution in [0.25, 0.3) is 0 Å². The maximum atomic E-state index is 5.50. The van der Waals surface area contributed by atoms with E-state index in [0.717, 1.165) is 25.3 Å². The molecule has 0 aliphatic heterocycles. The van der Waals surface area contributed by atoms with Crippen molar-refractivity contribution in [2.24, 2.45) is 0 Å². The fourth-order valence-electron chi connectivity index (χ4n) is 0.424. The van der Waals surface area contributed by atoms with E-state index in [1.807, 2.05) is 7.05 Å². The summed E-state index contributed by atoms with van der Waals surface area (Å²) in [5.41, 5.74) is 0. The summed E-state index contributed by atoms with van der Waals surface area (Å²) in [6.45, 7) is 0.925. The van der Waals surface area contributed by atoms with Gasteiger partial charge in [-0.25, -0.2) is 4.42 Å². The van der Waals surface area contributed by atoms with Crippen LogP contribution in [0, 0.1) is 0 Å². The molecule has 0 saturated carbocycles. The first-order valence-electron chi connectivity index (χ1n) is 2.70. The van der Waals surface area contributed by atoms with Crippen LogP contribution in [0.1, 0.15) is 12.8 Å². The number of nitrogens with zero attached hydrogens (tertiary/aromatic N) is 1. The molecule has 8 heavy (non-hydrogen) atoms. The third-order valence-corrected chi connectivity index (χ3v) is 1.29. The van der Waals surface area contributed by atoms with Crippen LogP contribution in [0.15, 0.2) is 0 Å². The molecule has 0 heterocycles. The van der Waals surface area contributed by atoms with Gasteiger partial charge in [0.1, 0.15) is 0 Å². The Hall–Kier alpha value is 0.540. The highest BCUT2D eigenvalue weighted by atomic mass is 35.5. The van der Waals surface area contributed by atoms with Crippen LogP contribution in [-0.2, 0) is 0 Å². The minimum Gasteiger partial charge on any atom is -0.223 e. The van der Waals surface area contributed by atoms with Crippen molar-refractivity contribution in [2.75, 3.05) is 19.5 Å². The molecule has 50 valence electrons. The van der Waals surface area contributed by atoms with E-state index in [1.165, 1.54) is 0 Å². The maximum absolute atomic E-state index is 5.50. The zero-order valence-electron chi connectivity index (χ0n) is 5.03. The average Bonchev–Trinajstić information content (AvgIpc) is 1.66. The number of halogens is 2. The Morgan fingerprint density at radius 2 is 2.00 bits per heavy atom. The molecule has 0 bridgehead atoms. The predicted molar refractivity (Wildman–Crippen MR) is 38.4 cm³/mol. The molecule has 0 rings (SSSR count). The third-order valence-electron chi connectivity index (χ3n) is 0.850. The SMILES string of the molecule is CN(Cl)CCCCCl. The molecule has 0 aliphatic carbocycles. The van der Waals surface area contributed by atoms with Gasteiger partial charge in [-0.05, 0) is 24.6 Å². The van der Waals surface area contributed by atoms with Gasteiger partial charge in [-0.1, -0.05) is 0 Å². The first-order chi connectivity index (χ1) is 3.77. The Balaban J connectivity index is 2.72. The number of unbranched alkanes of at least 4 members (excludes halogenated alkanes) is 1. The quantitative estimate of drug-likeness (QED) is 0.342. The highest BCUT2D eigenvalue weighted by Gasteiger charge is 1.89. The van der Waals surface area contributed by atoms with E-state index in [9.17, 15) is 0 Å². The van der Waals surface area contributed by atoms with Crippen LogP contribution in [0.2, 0.25) is 0 Å². The molecule has 0 aromatic carbocycles. The van der Waals surface area contributed by atoms with Crippen LogP contribution < -0.4 is 0 Å². The van der Waals surface area contributed by atoms with Crippen LogP contribution in [0.3, 0.4) is 0 Å². The second-order valence-corrected chi connectivity index (χ2v) is 2.68. The lowest BCUT2D eigenvalue weighted by atomic mass is 10.3. The summed E-state index contributed by atoms with van der Waals surface area (Å²) in [5.74, 6) is 0.741. The van der Waals surface area contributed by atoms with E-state index < -0.39 is 0 Å². The molecule has 0 atom stereocenters. The lowest BCUT2D eigenvalue weighted by Crippen LogP contribution is -2.05. The highest BCUT2D eigenvalue weighted by molar-refractivity contribution is 6.17. The van der Waals surface area contributed by atoms with Crippen LogP contribution >= 0.6 is 23.4 Å². The van der Waals surface area contributed by atoms with E-state index in [4.69, 9.17) is 23.4 Å². The van der Waals surface area contributed by atoms with Gasteiger partial charge in [0.25, 0.3) is 0 Å². The van der Waals surface area contributed by atoms with Gasteiger partial charge in [-0.15, -0.1) is 11.6 Å². The van der Waals surface area contributed by atoms with Crippen molar-refractivity contribution >= 4 is 23.4 Å². The van der Waals surface area contributed by atoms with Gasteiger partial charge in [-0.2, -0.15) is 0 Å². The Kier molecular flexibility index (Phi) is 6.06. The highest BCUT2D eigenvalue weighted by Crippen LogP contribution is 1.95. The normalized spacial score (nSPS) is 10.5. The number of hydrogen-bond donors (Lipinski definition) is 0. The largest absolute Gasteiger partial charge is 0.223 e. The van der Waals surface area contributed by atoms with Gasteiger partial charge in [0.15, 0.2) is 0 Å². The first kappa shape index (κ1) is 8.54. The standard InChI is InChI=1S/C5H11Cl2N/c1-8(7)5-3-2-4-6/h2-5H2,1H3. The van der Waals surface area contributed by atoms with Gasteiger partial charge in [0, 0.05) is 19.5 Å². The zero-order valence-corrected chi connectivity index (χ0v) is 6.54. The summed E-state index contributed by atoms with van der Waals surface area (Å²) < 4.78 is 1.65. The molecule has 0 fully saturated rings. The fraction of sp³-hybridized carbons (Fsp3) is 1.00. The molecule has 3 heteroatoms. The van der Waals surface area contributed by atoms with Gasteiger partial charge in [0.05, 0.1) is 0 Å². The van der Waals surface area contributed by atoms with Crippen molar-refractivity contribution in [1.29, 1.82) is 0 Å². The zero-order chi connectivity index (χ0) is 6.41. The maximum Gasteiger partial charge on any atom is 0.0223 e. The van der Waals surface area contributed by atoms with Crippen LogP contribution in [0.4, 0.5) is 0 Å². The van der Waals surface area contributed by atoms with Gasteiger partial charge in [-0.3, -0.25) is 0 Å². The molecule has 0 spiro atoms. The molecule has 1 nitrogen and oxygen atoms in total. The van der Waals surface area contributed by atoms with Crippen molar-refractivity contribution in [3.63, 3.8) is 0 Å². The molecular weight excluding hydrogens is 145 g/mol.